The van der Waals surface area contributed by atoms with Crippen molar-refractivity contribution in [2.45, 2.75) is 53.6 Å². The molecule has 0 aliphatic heterocycles. The van der Waals surface area contributed by atoms with Crippen LogP contribution in [0.15, 0.2) is 0 Å². The van der Waals surface area contributed by atoms with E-state index in [1.807, 2.05) is 6.92 Å². The molecule has 0 heterocycles. The second kappa shape index (κ2) is 5.72. The molecule has 0 fully saturated rings. The summed E-state index contributed by atoms with van der Waals surface area (Å²) in [7, 11) is 0. The summed E-state index contributed by atoms with van der Waals surface area (Å²) in [5, 5.41) is 0. The van der Waals surface area contributed by atoms with Gasteiger partial charge in [0.2, 0.25) is 0 Å². The molecule has 2 nitrogen and oxygen atoms in total. The lowest BCUT2D eigenvalue weighted by Crippen LogP contribution is -2.32. The zero-order chi connectivity index (χ0) is 11.2. The highest BCUT2D eigenvalue weighted by Gasteiger charge is 2.23. The van der Waals surface area contributed by atoms with Gasteiger partial charge in [0.15, 0.2) is 0 Å². The quantitative estimate of drug-likeness (QED) is 0.631. The standard InChI is InChI=1S/C12H26O2/c1-7-12(5,6)14-10-11(3,4)9-13-8-2/h7-10H2,1-6H3. The van der Waals surface area contributed by atoms with Crippen molar-refractivity contribution >= 4 is 0 Å². The molecule has 0 aliphatic rings. The molecule has 0 spiro atoms. The molecule has 0 aromatic rings. The van der Waals surface area contributed by atoms with Crippen LogP contribution < -0.4 is 0 Å². The van der Waals surface area contributed by atoms with Gasteiger partial charge in [0, 0.05) is 12.0 Å². The van der Waals surface area contributed by atoms with Gasteiger partial charge in [-0.05, 0) is 27.2 Å². The molecule has 0 unspecified atom stereocenters. The van der Waals surface area contributed by atoms with Crippen LogP contribution >= 0.6 is 0 Å². The van der Waals surface area contributed by atoms with E-state index in [9.17, 15) is 0 Å². The zero-order valence-electron chi connectivity index (χ0n) is 10.6. The lowest BCUT2D eigenvalue weighted by molar-refractivity contribution is -0.0759. The van der Waals surface area contributed by atoms with Gasteiger partial charge in [0.05, 0.1) is 18.8 Å². The Morgan fingerprint density at radius 1 is 0.929 bits per heavy atom. The average Bonchev–Trinajstić information content (AvgIpc) is 2.12. The lowest BCUT2D eigenvalue weighted by Gasteiger charge is -2.31. The molecule has 0 saturated heterocycles. The van der Waals surface area contributed by atoms with Gasteiger partial charge >= 0.3 is 0 Å². The van der Waals surface area contributed by atoms with Gasteiger partial charge in [-0.3, -0.25) is 0 Å². The summed E-state index contributed by atoms with van der Waals surface area (Å²) < 4.78 is 11.3. The Morgan fingerprint density at radius 3 is 1.93 bits per heavy atom. The van der Waals surface area contributed by atoms with Gasteiger partial charge < -0.3 is 9.47 Å². The Hall–Kier alpha value is -0.0800. The second-order valence-corrected chi connectivity index (χ2v) is 5.20. The largest absolute Gasteiger partial charge is 0.381 e. The maximum absolute atomic E-state index is 5.86. The van der Waals surface area contributed by atoms with Gasteiger partial charge in [0.25, 0.3) is 0 Å². The number of ether oxygens (including phenoxy) is 2. The van der Waals surface area contributed by atoms with Crippen molar-refractivity contribution in [2.24, 2.45) is 5.41 Å². The molecular formula is C12H26O2. The summed E-state index contributed by atoms with van der Waals surface area (Å²) in [6.45, 7) is 15.1. The first kappa shape index (κ1) is 13.9. The van der Waals surface area contributed by atoms with Crippen molar-refractivity contribution < 1.29 is 9.47 Å². The summed E-state index contributed by atoms with van der Waals surface area (Å²) in [6.07, 6.45) is 1.04. The first-order chi connectivity index (χ1) is 6.33. The SMILES string of the molecule is CCOCC(C)(C)COC(C)(C)CC. The van der Waals surface area contributed by atoms with E-state index in [1.165, 1.54) is 0 Å². The first-order valence-electron chi connectivity index (χ1n) is 5.55. The summed E-state index contributed by atoms with van der Waals surface area (Å²) >= 11 is 0. The first-order valence-corrected chi connectivity index (χ1v) is 5.55. The van der Waals surface area contributed by atoms with Gasteiger partial charge in [-0.2, -0.15) is 0 Å². The van der Waals surface area contributed by atoms with E-state index in [4.69, 9.17) is 9.47 Å². The van der Waals surface area contributed by atoms with Crippen molar-refractivity contribution in [3.8, 4) is 0 Å². The van der Waals surface area contributed by atoms with Crippen molar-refractivity contribution in [3.05, 3.63) is 0 Å². The van der Waals surface area contributed by atoms with Gasteiger partial charge in [-0.1, -0.05) is 20.8 Å². The number of rotatable bonds is 7. The third kappa shape index (κ3) is 6.39. The van der Waals surface area contributed by atoms with E-state index < -0.39 is 0 Å². The molecule has 0 rings (SSSR count). The minimum Gasteiger partial charge on any atom is -0.381 e. The van der Waals surface area contributed by atoms with E-state index in [2.05, 4.69) is 34.6 Å². The summed E-state index contributed by atoms with van der Waals surface area (Å²) in [6, 6.07) is 0. The summed E-state index contributed by atoms with van der Waals surface area (Å²) in [5.41, 5.74) is 0.103. The van der Waals surface area contributed by atoms with E-state index in [0.29, 0.717) is 0 Å². The average molecular weight is 202 g/mol. The molecule has 86 valence electrons. The monoisotopic (exact) mass is 202 g/mol. The molecule has 0 aliphatic carbocycles. The highest BCUT2D eigenvalue weighted by molar-refractivity contribution is 4.72. The Morgan fingerprint density at radius 2 is 1.50 bits per heavy atom. The van der Waals surface area contributed by atoms with Crippen molar-refractivity contribution in [2.75, 3.05) is 19.8 Å². The predicted octanol–water partition coefficient (Wildman–Crippen LogP) is 3.25. The molecule has 0 N–H and O–H groups in total. The maximum atomic E-state index is 5.86. The molecule has 0 radical (unpaired) electrons. The lowest BCUT2D eigenvalue weighted by atomic mass is 9.95. The molecule has 0 bridgehead atoms. The fourth-order valence-corrected chi connectivity index (χ4v) is 0.913. The minimum absolute atomic E-state index is 0.0104. The minimum atomic E-state index is -0.0104. The van der Waals surface area contributed by atoms with Crippen molar-refractivity contribution in [3.63, 3.8) is 0 Å². The molecule has 0 aromatic heterocycles. The molecule has 0 aromatic carbocycles. The third-order valence-electron chi connectivity index (χ3n) is 2.40. The van der Waals surface area contributed by atoms with Crippen LogP contribution in [0, 0.1) is 5.41 Å². The van der Waals surface area contributed by atoms with Crippen LogP contribution in [0.1, 0.15) is 48.0 Å². The van der Waals surface area contributed by atoms with E-state index in [0.717, 1.165) is 26.2 Å². The van der Waals surface area contributed by atoms with Gasteiger partial charge in [-0.25, -0.2) is 0 Å². The Kier molecular flexibility index (Phi) is 5.68. The van der Waals surface area contributed by atoms with Crippen LogP contribution in [0.5, 0.6) is 0 Å². The van der Waals surface area contributed by atoms with Crippen LogP contribution in [0.3, 0.4) is 0 Å². The summed E-state index contributed by atoms with van der Waals surface area (Å²) in [4.78, 5) is 0. The van der Waals surface area contributed by atoms with Crippen molar-refractivity contribution in [1.82, 2.24) is 0 Å². The fraction of sp³-hybridized carbons (Fsp3) is 1.00. The zero-order valence-corrected chi connectivity index (χ0v) is 10.6. The molecular weight excluding hydrogens is 176 g/mol. The maximum Gasteiger partial charge on any atom is 0.0624 e. The van der Waals surface area contributed by atoms with Crippen LogP contribution in [-0.4, -0.2) is 25.4 Å². The number of hydrogen-bond donors (Lipinski definition) is 0. The molecule has 14 heavy (non-hydrogen) atoms. The van der Waals surface area contributed by atoms with Gasteiger partial charge in [-0.15, -0.1) is 0 Å². The van der Waals surface area contributed by atoms with E-state index in [1.54, 1.807) is 0 Å². The molecule has 0 amide bonds. The van der Waals surface area contributed by atoms with Crippen LogP contribution in [0.25, 0.3) is 0 Å². The highest BCUT2D eigenvalue weighted by atomic mass is 16.5. The molecule has 0 saturated carbocycles. The third-order valence-corrected chi connectivity index (χ3v) is 2.40. The number of hydrogen-bond acceptors (Lipinski definition) is 2. The Balaban J connectivity index is 3.85. The Bertz CT molecular complexity index is 150. The molecule has 2 heteroatoms. The Labute approximate surface area is 89.0 Å². The van der Waals surface area contributed by atoms with Crippen LogP contribution in [0.4, 0.5) is 0 Å². The second-order valence-electron chi connectivity index (χ2n) is 5.20. The van der Waals surface area contributed by atoms with E-state index in [-0.39, 0.29) is 11.0 Å². The van der Waals surface area contributed by atoms with Crippen LogP contribution in [0.2, 0.25) is 0 Å². The highest BCUT2D eigenvalue weighted by Crippen LogP contribution is 2.21. The smallest absolute Gasteiger partial charge is 0.0624 e. The topological polar surface area (TPSA) is 18.5 Å². The van der Waals surface area contributed by atoms with Crippen LogP contribution in [-0.2, 0) is 9.47 Å². The van der Waals surface area contributed by atoms with Crippen molar-refractivity contribution in [1.29, 1.82) is 0 Å². The summed E-state index contributed by atoms with van der Waals surface area (Å²) in [5.74, 6) is 0. The molecule has 0 atom stereocenters. The normalized spacial score (nSPS) is 13.3. The fourth-order valence-electron chi connectivity index (χ4n) is 0.913. The predicted molar refractivity (Wildman–Crippen MR) is 60.6 cm³/mol. The van der Waals surface area contributed by atoms with E-state index >= 15 is 0 Å². The van der Waals surface area contributed by atoms with Gasteiger partial charge in [0.1, 0.15) is 0 Å².